The Balaban J connectivity index is 2.14. The minimum absolute atomic E-state index is 0.0586. The van der Waals surface area contributed by atoms with Crippen molar-refractivity contribution in [2.45, 2.75) is 24.7 Å². The number of quaternary nitrogens is 1. The fraction of sp³-hybridized carbons (Fsp3) is 0.600. The summed E-state index contributed by atoms with van der Waals surface area (Å²) in [5.41, 5.74) is 5.17. The van der Waals surface area contributed by atoms with Crippen LogP contribution in [0.3, 0.4) is 0 Å². The number of urea groups is 1. The van der Waals surface area contributed by atoms with E-state index in [0.717, 1.165) is 0 Å². The number of amides is 2. The van der Waals surface area contributed by atoms with Gasteiger partial charge in [-0.3, -0.25) is 0 Å². The van der Waals surface area contributed by atoms with Gasteiger partial charge in [0.05, 0.1) is 18.9 Å². The van der Waals surface area contributed by atoms with Crippen molar-refractivity contribution in [2.24, 2.45) is 10.7 Å². The van der Waals surface area contributed by atoms with E-state index in [0.29, 0.717) is 5.75 Å². The lowest BCUT2D eigenvalue weighted by Crippen LogP contribution is -2.54. The number of nitrogens with two attached hydrogens (primary N) is 1. The summed E-state index contributed by atoms with van der Waals surface area (Å²) in [6, 6.07) is -0.346. The molecule has 4 unspecified atom stereocenters. The van der Waals surface area contributed by atoms with Crippen LogP contribution in [0, 0.1) is 0 Å². The van der Waals surface area contributed by atoms with Crippen LogP contribution in [0.5, 0.6) is 0 Å². The van der Waals surface area contributed by atoms with E-state index in [-0.39, 0.29) is 28.0 Å². The Morgan fingerprint density at radius 1 is 1.76 bits per heavy atom. The number of ether oxygens (including phenoxy) is 1. The third-order valence-corrected chi connectivity index (χ3v) is 4.19. The Morgan fingerprint density at radius 2 is 2.47 bits per heavy atom. The third-order valence-electron chi connectivity index (χ3n) is 2.88. The Labute approximate surface area is 104 Å². The van der Waals surface area contributed by atoms with Crippen molar-refractivity contribution in [1.29, 1.82) is 0 Å². The van der Waals surface area contributed by atoms with Gasteiger partial charge in [0.1, 0.15) is 17.5 Å². The number of aliphatic hydroxyl groups is 1. The number of hydrogen-bond acceptors (Lipinski definition) is 5. The molecular weight excluding hydrogens is 242 g/mol. The van der Waals surface area contributed by atoms with Gasteiger partial charge in [0, 0.05) is 6.08 Å². The van der Waals surface area contributed by atoms with Crippen LogP contribution in [0.25, 0.3) is 0 Å². The van der Waals surface area contributed by atoms with Gasteiger partial charge >= 0.3 is 6.03 Å². The Bertz CT molecular complexity index is 396. The molecule has 94 valence electrons. The number of aliphatic imine (C=N–C) groups is 1. The van der Waals surface area contributed by atoms with E-state index in [1.807, 2.05) is 0 Å². The molecule has 17 heavy (non-hydrogen) atoms. The van der Waals surface area contributed by atoms with E-state index < -0.39 is 6.10 Å². The van der Waals surface area contributed by atoms with Crippen molar-refractivity contribution >= 4 is 23.6 Å². The number of amidine groups is 1. The van der Waals surface area contributed by atoms with Crippen LogP contribution in [0.15, 0.2) is 17.3 Å². The molecule has 0 spiro atoms. The van der Waals surface area contributed by atoms with Gasteiger partial charge in [-0.05, 0) is 6.92 Å². The van der Waals surface area contributed by atoms with E-state index in [1.165, 1.54) is 11.8 Å². The molecule has 0 bridgehead atoms. The number of aliphatic hydroxyl groups excluding tert-OH is 1. The summed E-state index contributed by atoms with van der Waals surface area (Å²) in [5.74, 6) is 0.848. The Morgan fingerprint density at radius 3 is 3.00 bits per heavy atom. The van der Waals surface area contributed by atoms with Crippen molar-refractivity contribution < 1.29 is 19.1 Å². The Kier molecular flexibility index (Phi) is 3.26. The summed E-state index contributed by atoms with van der Waals surface area (Å²) in [4.78, 5) is 15.6. The molecule has 2 rings (SSSR count). The number of nitrogens with zero attached hydrogens (tertiary/aromatic N) is 2. The second-order valence-electron chi connectivity index (χ2n) is 4.32. The van der Waals surface area contributed by atoms with Gasteiger partial charge in [0.15, 0.2) is 0 Å². The van der Waals surface area contributed by atoms with E-state index in [2.05, 4.69) is 4.99 Å². The molecule has 3 N–H and O–H groups in total. The quantitative estimate of drug-likeness (QED) is 0.693. The van der Waals surface area contributed by atoms with Crippen LogP contribution in [0.2, 0.25) is 0 Å². The maximum atomic E-state index is 11.9. The van der Waals surface area contributed by atoms with Crippen molar-refractivity contribution in [3.8, 4) is 0 Å². The highest BCUT2D eigenvalue weighted by Gasteiger charge is 2.47. The normalized spacial score (nSPS) is 39.2. The molecule has 6 nitrogen and oxygen atoms in total. The van der Waals surface area contributed by atoms with Crippen molar-refractivity contribution in [3.63, 3.8) is 0 Å². The molecule has 2 aliphatic rings. The monoisotopic (exact) mass is 258 g/mol. The topological polar surface area (TPSA) is 84.9 Å². The Hall–Kier alpha value is -0.890. The summed E-state index contributed by atoms with van der Waals surface area (Å²) in [7, 11) is 1.73. The average Bonchev–Trinajstić information content (AvgIpc) is 2.74. The third kappa shape index (κ3) is 2.23. The fourth-order valence-corrected chi connectivity index (χ4v) is 2.94. The second kappa shape index (κ2) is 4.41. The number of rotatable bonds is 2. The molecule has 0 aliphatic carbocycles. The molecule has 0 aromatic heterocycles. The first-order chi connectivity index (χ1) is 7.93. The van der Waals surface area contributed by atoms with Gasteiger partial charge < -0.3 is 15.6 Å². The van der Waals surface area contributed by atoms with Crippen LogP contribution < -0.4 is 5.73 Å². The lowest BCUT2D eigenvalue weighted by Gasteiger charge is -2.32. The zero-order valence-electron chi connectivity index (χ0n) is 9.74. The van der Waals surface area contributed by atoms with E-state index in [1.54, 1.807) is 26.2 Å². The molecule has 7 heteroatoms. The van der Waals surface area contributed by atoms with Gasteiger partial charge in [-0.25, -0.2) is 4.79 Å². The van der Waals surface area contributed by atoms with Crippen molar-refractivity contribution in [1.82, 2.24) is 0 Å². The molecule has 0 aromatic rings. The standard InChI is InChI=1S/C10H15N3O3S/c1-6(14)9-16-8(5-17-9)13(2)4-3-7(11)12-10(13)15/h3-4,6,8-9,14H,5H2,1-2H3,(H-,11,12,15)/p+1. The van der Waals surface area contributed by atoms with Gasteiger partial charge in [0.2, 0.25) is 6.23 Å². The fourth-order valence-electron chi connectivity index (χ4n) is 1.71. The molecule has 2 heterocycles. The zero-order chi connectivity index (χ0) is 12.6. The lowest BCUT2D eigenvalue weighted by atomic mass is 10.3. The van der Waals surface area contributed by atoms with Gasteiger partial charge in [-0.15, -0.1) is 16.8 Å². The smallest absolute Gasteiger partial charge is 0.390 e. The maximum Gasteiger partial charge on any atom is 0.451 e. The molecule has 1 saturated heterocycles. The molecule has 4 atom stereocenters. The number of hydrogen-bond donors (Lipinski definition) is 2. The van der Waals surface area contributed by atoms with Crippen LogP contribution in [0.1, 0.15) is 6.92 Å². The highest BCUT2D eigenvalue weighted by molar-refractivity contribution is 8.00. The van der Waals surface area contributed by atoms with Gasteiger partial charge in [-0.1, -0.05) is 0 Å². The minimum atomic E-state index is -0.561. The molecule has 0 saturated carbocycles. The summed E-state index contributed by atoms with van der Waals surface area (Å²) in [6.07, 6.45) is 2.39. The molecule has 2 amide bonds. The first kappa shape index (κ1) is 12.6. The molecule has 2 aliphatic heterocycles. The van der Waals surface area contributed by atoms with E-state index in [4.69, 9.17) is 10.5 Å². The summed E-state index contributed by atoms with van der Waals surface area (Å²) >= 11 is 1.50. The minimum Gasteiger partial charge on any atom is -0.390 e. The van der Waals surface area contributed by atoms with Gasteiger partial charge in [0.25, 0.3) is 0 Å². The van der Waals surface area contributed by atoms with E-state index >= 15 is 0 Å². The van der Waals surface area contributed by atoms with Crippen molar-refractivity contribution in [2.75, 3.05) is 12.8 Å². The van der Waals surface area contributed by atoms with Gasteiger partial charge in [-0.2, -0.15) is 4.48 Å². The number of carbonyl (C=O) groups excluding carboxylic acids is 1. The average molecular weight is 258 g/mol. The van der Waals surface area contributed by atoms with Crippen LogP contribution in [-0.2, 0) is 4.74 Å². The molecule has 0 radical (unpaired) electrons. The predicted octanol–water partition coefficient (Wildman–Crippen LogP) is 0.234. The maximum absolute atomic E-state index is 11.9. The van der Waals surface area contributed by atoms with Crippen molar-refractivity contribution in [3.05, 3.63) is 12.3 Å². The summed E-state index contributed by atoms with van der Waals surface area (Å²) in [5, 5.41) is 9.46. The largest absolute Gasteiger partial charge is 0.451 e. The molecular formula is C10H16N3O3S+. The lowest BCUT2D eigenvalue weighted by molar-refractivity contribution is -0.828. The number of thioether (sulfide) groups is 1. The highest BCUT2D eigenvalue weighted by Crippen LogP contribution is 2.33. The molecule has 0 aromatic carbocycles. The zero-order valence-corrected chi connectivity index (χ0v) is 10.6. The SMILES string of the molecule is CC(O)C1OC([N+]2(C)C=CC(N)=NC2=O)CS1. The summed E-state index contributed by atoms with van der Waals surface area (Å²) < 4.78 is 5.62. The summed E-state index contributed by atoms with van der Waals surface area (Å²) in [6.45, 7) is 1.67. The molecule has 1 fully saturated rings. The van der Waals surface area contributed by atoms with Crippen LogP contribution in [-0.4, -0.2) is 52.0 Å². The van der Waals surface area contributed by atoms with Crippen LogP contribution in [0.4, 0.5) is 4.79 Å². The number of carbonyl (C=O) groups is 1. The first-order valence-electron chi connectivity index (χ1n) is 5.32. The second-order valence-corrected chi connectivity index (χ2v) is 5.45. The predicted molar refractivity (Wildman–Crippen MR) is 65.1 cm³/mol. The highest BCUT2D eigenvalue weighted by atomic mass is 32.2. The first-order valence-corrected chi connectivity index (χ1v) is 6.37. The van der Waals surface area contributed by atoms with Crippen LogP contribution >= 0.6 is 11.8 Å². The van der Waals surface area contributed by atoms with E-state index in [9.17, 15) is 9.90 Å².